The van der Waals surface area contributed by atoms with Crippen LogP contribution in [0.3, 0.4) is 0 Å². The van der Waals surface area contributed by atoms with E-state index in [1.807, 2.05) is 7.05 Å². The van der Waals surface area contributed by atoms with E-state index >= 15 is 0 Å². The van der Waals surface area contributed by atoms with Gasteiger partial charge in [-0.05, 0) is 55.9 Å². The summed E-state index contributed by atoms with van der Waals surface area (Å²) in [6.07, 6.45) is 3.66. The number of nitro groups is 1. The third-order valence-electron chi connectivity index (χ3n) is 4.64. The molecule has 0 unspecified atom stereocenters. The first kappa shape index (κ1) is 19.6. The van der Waals surface area contributed by atoms with Gasteiger partial charge in [-0.3, -0.25) is 14.9 Å². The van der Waals surface area contributed by atoms with Gasteiger partial charge in [0.05, 0.1) is 16.1 Å². The Morgan fingerprint density at radius 3 is 2.57 bits per heavy atom. The van der Waals surface area contributed by atoms with Crippen LogP contribution in [0, 0.1) is 10.1 Å². The van der Waals surface area contributed by atoms with Crippen LogP contribution >= 0.6 is 0 Å². The summed E-state index contributed by atoms with van der Waals surface area (Å²) >= 11 is 0. The molecule has 7 nitrogen and oxygen atoms in total. The second kappa shape index (κ2) is 8.22. The molecule has 1 aliphatic heterocycles. The molecule has 0 bridgehead atoms. The molecule has 0 aliphatic carbocycles. The molecule has 146 valence electrons. The van der Waals surface area contributed by atoms with Crippen LogP contribution in [0.2, 0.25) is 0 Å². The van der Waals surface area contributed by atoms with Gasteiger partial charge in [-0.1, -0.05) is 13.3 Å². The van der Waals surface area contributed by atoms with Crippen molar-refractivity contribution in [3.8, 4) is 11.5 Å². The lowest BCUT2D eigenvalue weighted by Gasteiger charge is -2.18. The first-order chi connectivity index (χ1) is 13.4. The number of aromatic hydroxyl groups is 1. The zero-order valence-corrected chi connectivity index (χ0v) is 15.8. The Balaban J connectivity index is 1.87. The highest BCUT2D eigenvalue weighted by molar-refractivity contribution is 6.15. The van der Waals surface area contributed by atoms with Crippen molar-refractivity contribution in [1.82, 2.24) is 4.90 Å². The number of fused-ring (bicyclic) bond motifs is 1. The van der Waals surface area contributed by atoms with Crippen molar-refractivity contribution >= 4 is 17.5 Å². The molecule has 7 heteroatoms. The smallest absolute Gasteiger partial charge is 0.269 e. The summed E-state index contributed by atoms with van der Waals surface area (Å²) in [5.41, 5.74) is 1.58. The Bertz CT molecular complexity index is 935. The van der Waals surface area contributed by atoms with Crippen molar-refractivity contribution < 1.29 is 19.6 Å². The highest BCUT2D eigenvalue weighted by atomic mass is 16.6. The van der Waals surface area contributed by atoms with Crippen molar-refractivity contribution in [3.63, 3.8) is 0 Å². The minimum atomic E-state index is -0.478. The van der Waals surface area contributed by atoms with E-state index in [0.717, 1.165) is 19.4 Å². The van der Waals surface area contributed by atoms with Crippen molar-refractivity contribution in [3.05, 3.63) is 69.0 Å². The Morgan fingerprint density at radius 2 is 1.93 bits per heavy atom. The normalized spacial score (nSPS) is 14.4. The highest BCUT2D eigenvalue weighted by Gasteiger charge is 2.31. The lowest BCUT2D eigenvalue weighted by atomic mass is 10.0. The third-order valence-corrected chi connectivity index (χ3v) is 4.64. The molecule has 0 fully saturated rings. The molecule has 0 aromatic heterocycles. The molecule has 1 heterocycles. The number of rotatable bonds is 7. The number of ether oxygens (including phenoxy) is 1. The number of allylic oxidation sites excluding steroid dienone is 1. The van der Waals surface area contributed by atoms with Gasteiger partial charge in [0.1, 0.15) is 11.5 Å². The minimum Gasteiger partial charge on any atom is -0.507 e. The number of non-ortho nitro benzene ring substituents is 1. The van der Waals surface area contributed by atoms with Gasteiger partial charge in [0.2, 0.25) is 5.78 Å². The molecule has 1 N–H and O–H groups in total. The SMILES string of the molecule is CCCCN(C)Cc1c(O)ccc2c1O/C(=C\c1ccc([N+](=O)[O-])cc1)C2=O. The van der Waals surface area contributed by atoms with Gasteiger partial charge in [0.15, 0.2) is 5.76 Å². The second-order valence-corrected chi connectivity index (χ2v) is 6.82. The maximum Gasteiger partial charge on any atom is 0.269 e. The van der Waals surface area contributed by atoms with Crippen molar-refractivity contribution in [2.24, 2.45) is 0 Å². The van der Waals surface area contributed by atoms with E-state index in [0.29, 0.717) is 29.0 Å². The number of unbranched alkanes of at least 4 members (excludes halogenated alkanes) is 1. The van der Waals surface area contributed by atoms with Crippen molar-refractivity contribution in [2.45, 2.75) is 26.3 Å². The summed E-state index contributed by atoms with van der Waals surface area (Å²) in [4.78, 5) is 25.1. The van der Waals surface area contributed by atoms with Gasteiger partial charge >= 0.3 is 0 Å². The molecule has 0 amide bonds. The molecule has 3 rings (SSSR count). The topological polar surface area (TPSA) is 92.9 Å². The summed E-state index contributed by atoms with van der Waals surface area (Å²) in [6.45, 7) is 3.45. The van der Waals surface area contributed by atoms with E-state index in [2.05, 4.69) is 11.8 Å². The summed E-state index contributed by atoms with van der Waals surface area (Å²) in [7, 11) is 1.96. The van der Waals surface area contributed by atoms with E-state index in [1.165, 1.54) is 18.2 Å². The minimum absolute atomic E-state index is 0.0218. The molecule has 2 aromatic carbocycles. The van der Waals surface area contributed by atoms with E-state index in [4.69, 9.17) is 4.74 Å². The number of phenolic OH excluding ortho intramolecular Hbond substituents is 1. The first-order valence-corrected chi connectivity index (χ1v) is 9.12. The van der Waals surface area contributed by atoms with Crippen LogP contribution in [0.25, 0.3) is 6.08 Å². The van der Waals surface area contributed by atoms with Crippen LogP contribution in [0.5, 0.6) is 11.5 Å². The number of benzene rings is 2. The van der Waals surface area contributed by atoms with Gasteiger partial charge < -0.3 is 14.7 Å². The molecule has 0 saturated heterocycles. The fourth-order valence-electron chi connectivity index (χ4n) is 3.07. The van der Waals surface area contributed by atoms with E-state index in [-0.39, 0.29) is 23.0 Å². The number of ketones is 1. The van der Waals surface area contributed by atoms with Gasteiger partial charge in [-0.15, -0.1) is 0 Å². The number of nitro benzene ring substituents is 1. The summed E-state index contributed by atoms with van der Waals surface area (Å²) in [5, 5.41) is 21.1. The monoisotopic (exact) mass is 382 g/mol. The second-order valence-electron chi connectivity index (χ2n) is 6.82. The largest absolute Gasteiger partial charge is 0.507 e. The maximum atomic E-state index is 12.7. The number of nitrogens with zero attached hydrogens (tertiary/aromatic N) is 2. The Hall–Kier alpha value is -3.19. The molecule has 2 aromatic rings. The molecule has 0 radical (unpaired) electrons. The number of carbonyl (C=O) groups excluding carboxylic acids is 1. The van der Waals surface area contributed by atoms with Gasteiger partial charge in [-0.25, -0.2) is 0 Å². The predicted molar refractivity (Wildman–Crippen MR) is 105 cm³/mol. The van der Waals surface area contributed by atoms with Crippen LogP contribution in [-0.2, 0) is 6.54 Å². The summed E-state index contributed by atoms with van der Waals surface area (Å²) < 4.78 is 5.81. The van der Waals surface area contributed by atoms with Crippen LogP contribution < -0.4 is 4.74 Å². The standard InChI is InChI=1S/C21H22N2O5/c1-3-4-11-22(2)13-17-18(24)10-9-16-20(25)19(28-21(16)17)12-14-5-7-15(8-6-14)23(26)27/h5-10,12,24H,3-4,11,13H2,1-2H3/b19-12-. The summed E-state index contributed by atoms with van der Waals surface area (Å²) in [5.74, 6) is 0.325. The average Bonchev–Trinajstić information content (AvgIpc) is 2.98. The van der Waals surface area contributed by atoms with Gasteiger partial charge in [-0.2, -0.15) is 0 Å². The highest BCUT2D eigenvalue weighted by Crippen LogP contribution is 2.40. The van der Waals surface area contributed by atoms with Crippen molar-refractivity contribution in [1.29, 1.82) is 0 Å². The van der Waals surface area contributed by atoms with Crippen LogP contribution in [-0.4, -0.2) is 34.3 Å². The zero-order chi connectivity index (χ0) is 20.3. The number of hydrogen-bond acceptors (Lipinski definition) is 6. The molecular formula is C21H22N2O5. The zero-order valence-electron chi connectivity index (χ0n) is 15.8. The van der Waals surface area contributed by atoms with Crippen LogP contribution in [0.15, 0.2) is 42.2 Å². The van der Waals surface area contributed by atoms with E-state index < -0.39 is 4.92 Å². The van der Waals surface area contributed by atoms with E-state index in [1.54, 1.807) is 24.3 Å². The lowest BCUT2D eigenvalue weighted by molar-refractivity contribution is -0.384. The van der Waals surface area contributed by atoms with Crippen molar-refractivity contribution in [2.75, 3.05) is 13.6 Å². The molecule has 28 heavy (non-hydrogen) atoms. The number of hydrogen-bond donors (Lipinski definition) is 1. The number of carbonyl (C=O) groups is 1. The number of Topliss-reactive ketones (excluding diaryl/α,β-unsaturated/α-hetero) is 1. The average molecular weight is 382 g/mol. The first-order valence-electron chi connectivity index (χ1n) is 9.12. The van der Waals surface area contributed by atoms with Gasteiger partial charge in [0, 0.05) is 18.7 Å². The van der Waals surface area contributed by atoms with Crippen LogP contribution in [0.4, 0.5) is 5.69 Å². The molecule has 0 saturated carbocycles. The fourth-order valence-corrected chi connectivity index (χ4v) is 3.07. The Kier molecular flexibility index (Phi) is 5.75. The lowest BCUT2D eigenvalue weighted by Crippen LogP contribution is -2.19. The Morgan fingerprint density at radius 1 is 1.21 bits per heavy atom. The Labute approximate surface area is 163 Å². The molecule has 1 aliphatic rings. The van der Waals surface area contributed by atoms with Crippen LogP contribution in [0.1, 0.15) is 41.3 Å². The fraction of sp³-hybridized carbons (Fsp3) is 0.286. The van der Waals surface area contributed by atoms with Gasteiger partial charge in [0.25, 0.3) is 5.69 Å². The predicted octanol–water partition coefficient (Wildman–Crippen LogP) is 4.15. The molecule has 0 spiro atoms. The molecule has 0 atom stereocenters. The number of phenols is 1. The molecular weight excluding hydrogens is 360 g/mol. The third kappa shape index (κ3) is 4.04. The summed E-state index contributed by atoms with van der Waals surface area (Å²) in [6, 6.07) is 8.93. The van der Waals surface area contributed by atoms with E-state index in [9.17, 15) is 20.0 Å². The maximum absolute atomic E-state index is 12.7. The quantitative estimate of drug-likeness (QED) is 0.439.